The normalized spacial score (nSPS) is 24.9. The lowest BCUT2D eigenvalue weighted by Crippen LogP contribution is -2.33. The number of rotatable bonds is 3. The topological polar surface area (TPSA) is 41.5 Å². The summed E-state index contributed by atoms with van der Waals surface area (Å²) in [5.74, 6) is 0.328. The number of nitrogens with one attached hydrogen (secondary N) is 1. The van der Waals surface area contributed by atoms with Crippen LogP contribution in [0.3, 0.4) is 0 Å². The molecule has 1 aliphatic rings. The summed E-state index contributed by atoms with van der Waals surface area (Å²) in [5.41, 5.74) is 2.01. The van der Waals surface area contributed by atoms with E-state index in [1.165, 1.54) is 6.42 Å². The highest BCUT2D eigenvalue weighted by Gasteiger charge is 2.30. The van der Waals surface area contributed by atoms with Crippen LogP contribution in [0.5, 0.6) is 5.75 Å². The third kappa shape index (κ3) is 2.06. The lowest BCUT2D eigenvalue weighted by atomic mass is 9.90. The fourth-order valence-electron chi connectivity index (χ4n) is 2.33. The number of benzene rings is 1. The molecule has 0 bridgehead atoms. The standard InChI is InChI=1S/C13H19NO2/c1-13(6-3-7-14-13)11-5-4-10(9-16-2)12(15)8-11/h4-5,8,14-15H,3,6-7,9H2,1-2H3. The Balaban J connectivity index is 2.26. The molecule has 3 heteroatoms. The van der Waals surface area contributed by atoms with Crippen LogP contribution in [0.25, 0.3) is 0 Å². The van der Waals surface area contributed by atoms with Gasteiger partial charge in [-0.1, -0.05) is 12.1 Å². The summed E-state index contributed by atoms with van der Waals surface area (Å²) in [4.78, 5) is 0. The zero-order valence-electron chi connectivity index (χ0n) is 9.92. The van der Waals surface area contributed by atoms with Crippen molar-refractivity contribution in [1.29, 1.82) is 0 Å². The van der Waals surface area contributed by atoms with E-state index in [-0.39, 0.29) is 5.54 Å². The average Bonchev–Trinajstić information content (AvgIpc) is 2.70. The Labute approximate surface area is 96.4 Å². The summed E-state index contributed by atoms with van der Waals surface area (Å²) in [7, 11) is 1.63. The summed E-state index contributed by atoms with van der Waals surface area (Å²) in [6, 6.07) is 5.87. The molecule has 0 aliphatic carbocycles. The first kappa shape index (κ1) is 11.4. The number of phenolic OH excluding ortho intramolecular Hbond substituents is 1. The summed E-state index contributed by atoms with van der Waals surface area (Å²) < 4.78 is 5.02. The second-order valence-corrected chi connectivity index (χ2v) is 4.64. The van der Waals surface area contributed by atoms with Crippen molar-refractivity contribution in [2.45, 2.75) is 31.9 Å². The van der Waals surface area contributed by atoms with E-state index in [4.69, 9.17) is 4.74 Å². The Morgan fingerprint density at radius 2 is 2.31 bits per heavy atom. The van der Waals surface area contributed by atoms with Gasteiger partial charge in [-0.15, -0.1) is 0 Å². The maximum absolute atomic E-state index is 9.89. The predicted octanol–water partition coefficient (Wildman–Crippen LogP) is 2.14. The first-order valence-electron chi connectivity index (χ1n) is 5.72. The van der Waals surface area contributed by atoms with Crippen molar-refractivity contribution in [2.75, 3.05) is 13.7 Å². The van der Waals surface area contributed by atoms with E-state index < -0.39 is 0 Å². The molecular weight excluding hydrogens is 202 g/mol. The summed E-state index contributed by atoms with van der Waals surface area (Å²) >= 11 is 0. The second kappa shape index (κ2) is 4.44. The fraction of sp³-hybridized carbons (Fsp3) is 0.538. The van der Waals surface area contributed by atoms with Crippen LogP contribution < -0.4 is 5.32 Å². The van der Waals surface area contributed by atoms with E-state index in [9.17, 15) is 5.11 Å². The number of aromatic hydroxyl groups is 1. The number of methoxy groups -OCH3 is 1. The summed E-state index contributed by atoms with van der Waals surface area (Å²) in [5, 5.41) is 13.4. The van der Waals surface area contributed by atoms with Crippen molar-refractivity contribution in [3.63, 3.8) is 0 Å². The van der Waals surface area contributed by atoms with E-state index in [0.717, 1.165) is 24.1 Å². The molecule has 1 aromatic rings. The van der Waals surface area contributed by atoms with Crippen LogP contribution in [0, 0.1) is 0 Å². The fourth-order valence-corrected chi connectivity index (χ4v) is 2.33. The molecule has 1 fully saturated rings. The van der Waals surface area contributed by atoms with Gasteiger partial charge in [-0.05, 0) is 37.9 Å². The third-order valence-corrected chi connectivity index (χ3v) is 3.39. The smallest absolute Gasteiger partial charge is 0.121 e. The molecule has 0 aromatic heterocycles. The molecule has 0 amide bonds. The lowest BCUT2D eigenvalue weighted by molar-refractivity contribution is 0.182. The van der Waals surface area contributed by atoms with Gasteiger partial charge in [-0.2, -0.15) is 0 Å². The Morgan fingerprint density at radius 1 is 1.50 bits per heavy atom. The third-order valence-electron chi connectivity index (χ3n) is 3.39. The van der Waals surface area contributed by atoms with Crippen molar-refractivity contribution in [3.8, 4) is 5.75 Å². The van der Waals surface area contributed by atoms with Crippen molar-refractivity contribution in [3.05, 3.63) is 29.3 Å². The molecule has 0 spiro atoms. The van der Waals surface area contributed by atoms with Crippen molar-refractivity contribution < 1.29 is 9.84 Å². The molecule has 2 rings (SSSR count). The molecule has 3 nitrogen and oxygen atoms in total. The minimum absolute atomic E-state index is 0.0169. The zero-order valence-corrected chi connectivity index (χ0v) is 9.92. The van der Waals surface area contributed by atoms with Crippen LogP contribution in [0.15, 0.2) is 18.2 Å². The van der Waals surface area contributed by atoms with Gasteiger partial charge in [0.2, 0.25) is 0 Å². The van der Waals surface area contributed by atoms with E-state index in [1.54, 1.807) is 7.11 Å². The van der Waals surface area contributed by atoms with Gasteiger partial charge in [0.15, 0.2) is 0 Å². The minimum Gasteiger partial charge on any atom is -0.508 e. The molecule has 88 valence electrons. The number of hydrogen-bond acceptors (Lipinski definition) is 3. The molecule has 16 heavy (non-hydrogen) atoms. The number of phenols is 1. The summed E-state index contributed by atoms with van der Waals surface area (Å²) in [6.07, 6.45) is 2.31. The first-order chi connectivity index (χ1) is 7.65. The van der Waals surface area contributed by atoms with Crippen LogP contribution in [0.1, 0.15) is 30.9 Å². The van der Waals surface area contributed by atoms with Crippen LogP contribution in [0.2, 0.25) is 0 Å². The largest absolute Gasteiger partial charge is 0.508 e. The highest BCUT2D eigenvalue weighted by molar-refractivity contribution is 5.39. The SMILES string of the molecule is COCc1ccc(C2(C)CCCN2)cc1O. The van der Waals surface area contributed by atoms with Gasteiger partial charge in [-0.25, -0.2) is 0 Å². The van der Waals surface area contributed by atoms with Crippen LogP contribution in [-0.2, 0) is 16.9 Å². The van der Waals surface area contributed by atoms with E-state index >= 15 is 0 Å². The van der Waals surface area contributed by atoms with Gasteiger partial charge in [0.1, 0.15) is 5.75 Å². The molecule has 1 aliphatic heterocycles. The van der Waals surface area contributed by atoms with Gasteiger partial charge in [0.25, 0.3) is 0 Å². The minimum atomic E-state index is 0.0169. The molecule has 1 atom stereocenters. The molecule has 1 aromatic carbocycles. The first-order valence-corrected chi connectivity index (χ1v) is 5.72. The van der Waals surface area contributed by atoms with Crippen LogP contribution in [0.4, 0.5) is 0 Å². The number of ether oxygens (including phenoxy) is 1. The van der Waals surface area contributed by atoms with Crippen molar-refractivity contribution in [2.24, 2.45) is 0 Å². The highest BCUT2D eigenvalue weighted by Crippen LogP contribution is 2.33. The van der Waals surface area contributed by atoms with E-state index in [1.807, 2.05) is 12.1 Å². The van der Waals surface area contributed by atoms with Crippen molar-refractivity contribution >= 4 is 0 Å². The zero-order chi connectivity index (χ0) is 11.6. The second-order valence-electron chi connectivity index (χ2n) is 4.64. The molecule has 0 radical (unpaired) electrons. The van der Waals surface area contributed by atoms with Gasteiger partial charge < -0.3 is 15.2 Å². The van der Waals surface area contributed by atoms with Crippen LogP contribution >= 0.6 is 0 Å². The van der Waals surface area contributed by atoms with Crippen LogP contribution in [-0.4, -0.2) is 18.8 Å². The predicted molar refractivity (Wildman–Crippen MR) is 63.4 cm³/mol. The quantitative estimate of drug-likeness (QED) is 0.821. The highest BCUT2D eigenvalue weighted by atomic mass is 16.5. The van der Waals surface area contributed by atoms with E-state index in [0.29, 0.717) is 12.4 Å². The Hall–Kier alpha value is -1.06. The molecule has 1 heterocycles. The maximum atomic E-state index is 9.89. The van der Waals surface area contributed by atoms with Gasteiger partial charge in [-0.3, -0.25) is 0 Å². The Kier molecular flexibility index (Phi) is 3.17. The number of hydrogen-bond donors (Lipinski definition) is 2. The molecule has 1 unspecified atom stereocenters. The Morgan fingerprint density at radius 3 is 2.88 bits per heavy atom. The summed E-state index contributed by atoms with van der Waals surface area (Å²) in [6.45, 7) is 3.69. The molecule has 0 saturated carbocycles. The van der Waals surface area contributed by atoms with Gasteiger partial charge >= 0.3 is 0 Å². The molecule has 2 N–H and O–H groups in total. The van der Waals surface area contributed by atoms with Gasteiger partial charge in [0, 0.05) is 18.2 Å². The average molecular weight is 221 g/mol. The Bertz CT molecular complexity index is 370. The molecular formula is C13H19NO2. The van der Waals surface area contributed by atoms with Crippen molar-refractivity contribution in [1.82, 2.24) is 5.32 Å². The molecule has 1 saturated heterocycles. The lowest BCUT2D eigenvalue weighted by Gasteiger charge is -2.25. The maximum Gasteiger partial charge on any atom is 0.121 e. The van der Waals surface area contributed by atoms with Gasteiger partial charge in [0.05, 0.1) is 6.61 Å². The monoisotopic (exact) mass is 221 g/mol. The van der Waals surface area contributed by atoms with E-state index in [2.05, 4.69) is 18.3 Å².